The average molecular weight is 323 g/mol. The number of carbonyl (C=O) groups is 1. The number of ether oxygens (including phenoxy) is 1. The number of nitrogens with one attached hydrogen (secondary N) is 1. The topological polar surface area (TPSA) is 87.9 Å². The number of guanidine groups is 1. The molecule has 1 N–H and O–H groups in total. The Morgan fingerprint density at radius 2 is 2.00 bits per heavy atom. The number of piperazine rings is 1. The summed E-state index contributed by atoms with van der Waals surface area (Å²) < 4.78 is 7.02. The number of hydrogen-bond acceptors (Lipinski definition) is 5. The molecular weight excluding hydrogens is 298 g/mol. The lowest BCUT2D eigenvalue weighted by Crippen LogP contribution is -2.53. The molecule has 1 aromatic rings. The first kappa shape index (κ1) is 17.0. The molecule has 2 rings (SSSR count). The second kappa shape index (κ2) is 8.35. The average Bonchev–Trinajstić information content (AvgIpc) is 3.04. The smallest absolute Gasteiger partial charge is 0.409 e. The number of hydrogen-bond donors (Lipinski definition) is 1. The number of rotatable bonds is 4. The van der Waals surface area contributed by atoms with Crippen molar-refractivity contribution in [1.82, 2.24) is 29.9 Å². The van der Waals surface area contributed by atoms with Gasteiger partial charge in [-0.3, -0.25) is 4.99 Å². The first-order chi connectivity index (χ1) is 11.2. The largest absolute Gasteiger partial charge is 0.450 e. The van der Waals surface area contributed by atoms with E-state index in [2.05, 4.69) is 32.3 Å². The van der Waals surface area contributed by atoms with E-state index in [0.717, 1.165) is 31.4 Å². The SMILES string of the molecule is CCOC(=O)N1CCN(C(=NC)NCc2nncn2CC)CC1. The third kappa shape index (κ3) is 4.33. The van der Waals surface area contributed by atoms with E-state index in [4.69, 9.17) is 4.74 Å². The van der Waals surface area contributed by atoms with Crippen LogP contribution in [-0.2, 0) is 17.8 Å². The van der Waals surface area contributed by atoms with Gasteiger partial charge in [-0.05, 0) is 13.8 Å². The number of amides is 1. The van der Waals surface area contributed by atoms with Gasteiger partial charge in [0.05, 0.1) is 13.2 Å². The van der Waals surface area contributed by atoms with Gasteiger partial charge in [0.15, 0.2) is 11.8 Å². The van der Waals surface area contributed by atoms with Crippen LogP contribution in [0.1, 0.15) is 19.7 Å². The maximum Gasteiger partial charge on any atom is 0.409 e. The summed E-state index contributed by atoms with van der Waals surface area (Å²) in [5, 5.41) is 11.3. The molecule has 23 heavy (non-hydrogen) atoms. The van der Waals surface area contributed by atoms with Gasteiger partial charge in [-0.1, -0.05) is 0 Å². The molecule has 0 unspecified atom stereocenters. The minimum Gasteiger partial charge on any atom is -0.450 e. The Morgan fingerprint density at radius 3 is 2.61 bits per heavy atom. The van der Waals surface area contributed by atoms with Gasteiger partial charge in [0.1, 0.15) is 6.33 Å². The molecule has 2 heterocycles. The summed E-state index contributed by atoms with van der Waals surface area (Å²) in [6.45, 7) is 8.37. The Balaban J connectivity index is 1.84. The molecular formula is C14H25N7O2. The van der Waals surface area contributed by atoms with E-state index in [9.17, 15) is 4.79 Å². The highest BCUT2D eigenvalue weighted by Crippen LogP contribution is 2.05. The third-order valence-corrected chi connectivity index (χ3v) is 3.76. The van der Waals surface area contributed by atoms with Crippen molar-refractivity contribution < 1.29 is 9.53 Å². The van der Waals surface area contributed by atoms with E-state index in [1.807, 2.05) is 11.5 Å². The van der Waals surface area contributed by atoms with Crippen molar-refractivity contribution in [1.29, 1.82) is 0 Å². The zero-order valence-electron chi connectivity index (χ0n) is 14.0. The monoisotopic (exact) mass is 323 g/mol. The summed E-state index contributed by atoms with van der Waals surface area (Å²) in [6, 6.07) is 0. The molecule has 1 amide bonds. The highest BCUT2D eigenvalue weighted by Gasteiger charge is 2.23. The predicted molar refractivity (Wildman–Crippen MR) is 86.1 cm³/mol. The lowest BCUT2D eigenvalue weighted by molar-refractivity contribution is 0.0914. The van der Waals surface area contributed by atoms with E-state index >= 15 is 0 Å². The summed E-state index contributed by atoms with van der Waals surface area (Å²) >= 11 is 0. The lowest BCUT2D eigenvalue weighted by Gasteiger charge is -2.35. The van der Waals surface area contributed by atoms with Gasteiger partial charge in [0.2, 0.25) is 0 Å². The van der Waals surface area contributed by atoms with Crippen LogP contribution in [-0.4, -0.2) is 76.5 Å². The maximum absolute atomic E-state index is 11.7. The van der Waals surface area contributed by atoms with Crippen molar-refractivity contribution in [3.8, 4) is 0 Å². The van der Waals surface area contributed by atoms with Crippen LogP contribution in [0.2, 0.25) is 0 Å². The van der Waals surface area contributed by atoms with Crippen LogP contribution in [0, 0.1) is 0 Å². The van der Waals surface area contributed by atoms with Gasteiger partial charge in [0.25, 0.3) is 0 Å². The van der Waals surface area contributed by atoms with Gasteiger partial charge < -0.3 is 24.4 Å². The number of carbonyl (C=O) groups excluding carboxylic acids is 1. The lowest BCUT2D eigenvalue weighted by atomic mass is 10.3. The first-order valence-electron chi connectivity index (χ1n) is 7.93. The molecule has 0 bridgehead atoms. The number of aliphatic imine (C=N–C) groups is 1. The number of aryl methyl sites for hydroxylation is 1. The van der Waals surface area contributed by atoms with Gasteiger partial charge in [-0.2, -0.15) is 0 Å². The normalized spacial score (nSPS) is 15.7. The van der Waals surface area contributed by atoms with Crippen molar-refractivity contribution in [2.24, 2.45) is 4.99 Å². The van der Waals surface area contributed by atoms with Crippen molar-refractivity contribution in [3.05, 3.63) is 12.2 Å². The molecule has 0 saturated carbocycles. The van der Waals surface area contributed by atoms with Crippen molar-refractivity contribution in [2.75, 3.05) is 39.8 Å². The van der Waals surface area contributed by atoms with Crippen LogP contribution in [0.25, 0.3) is 0 Å². The second-order valence-electron chi connectivity index (χ2n) is 5.11. The minimum atomic E-state index is -0.244. The fraction of sp³-hybridized carbons (Fsp3) is 0.714. The molecule has 1 saturated heterocycles. The summed E-state index contributed by atoms with van der Waals surface area (Å²) in [6.07, 6.45) is 1.48. The van der Waals surface area contributed by atoms with Crippen LogP contribution in [0.15, 0.2) is 11.3 Å². The second-order valence-corrected chi connectivity index (χ2v) is 5.11. The van der Waals surface area contributed by atoms with Crippen molar-refractivity contribution in [2.45, 2.75) is 26.9 Å². The minimum absolute atomic E-state index is 0.244. The van der Waals surface area contributed by atoms with Crippen LogP contribution >= 0.6 is 0 Å². The standard InChI is InChI=1S/C14H25N7O2/c1-4-19-11-17-18-12(19)10-16-13(15-3)20-6-8-21(9-7-20)14(22)23-5-2/h11H,4-10H2,1-3H3,(H,15,16). The van der Waals surface area contributed by atoms with Crippen molar-refractivity contribution in [3.63, 3.8) is 0 Å². The van der Waals surface area contributed by atoms with E-state index in [-0.39, 0.29) is 6.09 Å². The highest BCUT2D eigenvalue weighted by atomic mass is 16.6. The molecule has 128 valence electrons. The van der Waals surface area contributed by atoms with Crippen LogP contribution in [0.3, 0.4) is 0 Å². The van der Waals surface area contributed by atoms with Gasteiger partial charge >= 0.3 is 6.09 Å². The van der Waals surface area contributed by atoms with Crippen molar-refractivity contribution >= 4 is 12.1 Å². The van der Waals surface area contributed by atoms with Gasteiger partial charge in [0, 0.05) is 39.8 Å². The third-order valence-electron chi connectivity index (χ3n) is 3.76. The van der Waals surface area contributed by atoms with Gasteiger partial charge in [-0.25, -0.2) is 4.79 Å². The Labute approximate surface area is 136 Å². The Morgan fingerprint density at radius 1 is 1.30 bits per heavy atom. The molecule has 0 aromatic carbocycles. The molecule has 1 aliphatic heterocycles. The Kier molecular flexibility index (Phi) is 6.19. The molecule has 9 heteroatoms. The Bertz CT molecular complexity index is 535. The van der Waals surface area contributed by atoms with E-state index in [0.29, 0.717) is 26.2 Å². The fourth-order valence-electron chi connectivity index (χ4n) is 2.49. The van der Waals surface area contributed by atoms with Gasteiger partial charge in [-0.15, -0.1) is 10.2 Å². The molecule has 0 aliphatic carbocycles. The fourth-order valence-corrected chi connectivity index (χ4v) is 2.49. The van der Waals surface area contributed by atoms with Crippen LogP contribution < -0.4 is 5.32 Å². The van der Waals surface area contributed by atoms with E-state index < -0.39 is 0 Å². The molecule has 0 atom stereocenters. The molecule has 1 aliphatic rings. The quantitative estimate of drug-likeness (QED) is 0.627. The molecule has 9 nitrogen and oxygen atoms in total. The molecule has 0 spiro atoms. The first-order valence-corrected chi connectivity index (χ1v) is 7.93. The number of aromatic nitrogens is 3. The van der Waals surface area contributed by atoms with Crippen LogP contribution in [0.5, 0.6) is 0 Å². The van der Waals surface area contributed by atoms with Crippen LogP contribution in [0.4, 0.5) is 4.79 Å². The molecule has 0 radical (unpaired) electrons. The zero-order valence-corrected chi connectivity index (χ0v) is 14.0. The summed E-state index contributed by atoms with van der Waals surface area (Å²) in [5.41, 5.74) is 0. The highest BCUT2D eigenvalue weighted by molar-refractivity contribution is 5.80. The zero-order chi connectivity index (χ0) is 16.7. The van der Waals surface area contributed by atoms with E-state index in [1.54, 1.807) is 18.3 Å². The Hall–Kier alpha value is -2.32. The molecule has 1 aromatic heterocycles. The maximum atomic E-state index is 11.7. The summed E-state index contributed by atoms with van der Waals surface area (Å²) in [7, 11) is 1.75. The summed E-state index contributed by atoms with van der Waals surface area (Å²) in [4.78, 5) is 19.9. The number of nitrogens with zero attached hydrogens (tertiary/aromatic N) is 6. The molecule has 1 fully saturated rings. The van der Waals surface area contributed by atoms with E-state index in [1.165, 1.54) is 0 Å². The predicted octanol–water partition coefficient (Wildman–Crippen LogP) is 0.148. The summed E-state index contributed by atoms with van der Waals surface area (Å²) in [5.74, 6) is 1.68.